The lowest BCUT2D eigenvalue weighted by molar-refractivity contribution is -0.125. The number of hydrogen-bond acceptors (Lipinski definition) is 4. The summed E-state index contributed by atoms with van der Waals surface area (Å²) in [6, 6.07) is 2.52. The summed E-state index contributed by atoms with van der Waals surface area (Å²) in [5.74, 6) is -0.322. The lowest BCUT2D eigenvalue weighted by atomic mass is 9.95. The maximum Gasteiger partial charge on any atom is 0.155 e. The van der Waals surface area contributed by atoms with Crippen molar-refractivity contribution in [1.29, 1.82) is 0 Å². The van der Waals surface area contributed by atoms with Crippen molar-refractivity contribution in [2.24, 2.45) is 11.7 Å². The van der Waals surface area contributed by atoms with Crippen LogP contribution in [0.2, 0.25) is 0 Å². The van der Waals surface area contributed by atoms with Crippen LogP contribution in [0.1, 0.15) is 25.5 Å². The fraction of sp³-hybridized carbons (Fsp3) is 0.455. The first-order chi connectivity index (χ1) is 7.04. The van der Waals surface area contributed by atoms with Crippen molar-refractivity contribution in [3.8, 4) is 0 Å². The number of rotatable bonds is 4. The summed E-state index contributed by atoms with van der Waals surface area (Å²) in [5, 5.41) is 9.82. The lowest BCUT2D eigenvalue weighted by Crippen LogP contribution is -2.39. The average Bonchev–Trinajstić information content (AvgIpc) is 2.27. The normalized spacial score (nSPS) is 15.0. The van der Waals surface area contributed by atoms with E-state index in [9.17, 15) is 9.90 Å². The summed E-state index contributed by atoms with van der Waals surface area (Å²) in [6.07, 6.45) is 2.14. The zero-order chi connectivity index (χ0) is 11.4. The smallest absolute Gasteiger partial charge is 0.155 e. The van der Waals surface area contributed by atoms with E-state index >= 15 is 0 Å². The number of nitrogens with zero attached hydrogens (tertiary/aromatic N) is 1. The van der Waals surface area contributed by atoms with Crippen molar-refractivity contribution in [3.63, 3.8) is 0 Å². The van der Waals surface area contributed by atoms with Crippen LogP contribution in [0.3, 0.4) is 0 Å². The van der Waals surface area contributed by atoms with Crippen molar-refractivity contribution < 1.29 is 9.90 Å². The van der Waals surface area contributed by atoms with Gasteiger partial charge in [0.1, 0.15) is 6.10 Å². The van der Waals surface area contributed by atoms with Gasteiger partial charge in [-0.1, -0.05) is 19.9 Å². The van der Waals surface area contributed by atoms with Gasteiger partial charge in [0.25, 0.3) is 0 Å². The Balaban J connectivity index is 2.77. The number of Topliss-reactive ketones (excluding diaryl/α,β-unsaturated/α-hetero) is 1. The third-order valence-electron chi connectivity index (χ3n) is 2.26. The molecule has 0 spiro atoms. The first-order valence-corrected chi connectivity index (χ1v) is 4.91. The number of aliphatic hydroxyl groups excluding tert-OH is 1. The van der Waals surface area contributed by atoms with Crippen LogP contribution in [0.25, 0.3) is 0 Å². The Bertz CT molecular complexity index is 325. The monoisotopic (exact) mass is 208 g/mol. The van der Waals surface area contributed by atoms with Crippen molar-refractivity contribution in [2.75, 3.05) is 0 Å². The van der Waals surface area contributed by atoms with E-state index in [2.05, 4.69) is 4.98 Å². The van der Waals surface area contributed by atoms with Gasteiger partial charge >= 0.3 is 0 Å². The molecule has 1 aromatic rings. The highest BCUT2D eigenvalue weighted by molar-refractivity contribution is 5.86. The molecule has 4 nitrogen and oxygen atoms in total. The maximum absolute atomic E-state index is 11.6. The van der Waals surface area contributed by atoms with Crippen LogP contribution >= 0.6 is 0 Å². The minimum absolute atomic E-state index is 0.147. The van der Waals surface area contributed by atoms with Gasteiger partial charge in [0, 0.05) is 23.9 Å². The molecule has 1 heterocycles. The van der Waals surface area contributed by atoms with Crippen LogP contribution in [0, 0.1) is 5.92 Å². The minimum Gasteiger partial charge on any atom is -0.386 e. The van der Waals surface area contributed by atoms with Crippen LogP contribution in [0.4, 0.5) is 0 Å². The summed E-state index contributed by atoms with van der Waals surface area (Å²) >= 11 is 0. The summed E-state index contributed by atoms with van der Waals surface area (Å²) in [5.41, 5.74) is 6.23. The third-order valence-corrected chi connectivity index (χ3v) is 2.26. The molecule has 2 unspecified atom stereocenters. The quantitative estimate of drug-likeness (QED) is 0.762. The van der Waals surface area contributed by atoms with Crippen molar-refractivity contribution in [2.45, 2.75) is 26.0 Å². The molecule has 1 aromatic heterocycles. The molecule has 3 N–H and O–H groups in total. The second-order valence-electron chi connectivity index (χ2n) is 3.81. The third kappa shape index (κ3) is 2.84. The molecule has 0 fully saturated rings. The molecule has 0 radical (unpaired) electrons. The molecule has 0 aliphatic rings. The molecule has 4 heteroatoms. The van der Waals surface area contributed by atoms with Gasteiger partial charge in [-0.2, -0.15) is 0 Å². The number of hydrogen-bond donors (Lipinski definition) is 2. The molecular formula is C11H16N2O2. The predicted molar refractivity (Wildman–Crippen MR) is 57.0 cm³/mol. The maximum atomic E-state index is 11.6. The summed E-state index contributed by atoms with van der Waals surface area (Å²) in [4.78, 5) is 15.4. The Morgan fingerprint density at radius 2 is 2.20 bits per heavy atom. The van der Waals surface area contributed by atoms with E-state index in [1.165, 1.54) is 6.20 Å². The predicted octanol–water partition coefficient (Wildman–Crippen LogP) is 0.667. The van der Waals surface area contributed by atoms with Gasteiger partial charge in [-0.3, -0.25) is 9.78 Å². The largest absolute Gasteiger partial charge is 0.386 e. The van der Waals surface area contributed by atoms with Gasteiger partial charge in [0.05, 0.1) is 6.04 Å². The summed E-state index contributed by atoms with van der Waals surface area (Å²) in [6.45, 7) is 3.52. The SMILES string of the molecule is CC(C)C(=O)C(N)C(O)c1cccnc1. The molecule has 0 bridgehead atoms. The summed E-state index contributed by atoms with van der Waals surface area (Å²) < 4.78 is 0. The van der Waals surface area contributed by atoms with E-state index < -0.39 is 12.1 Å². The Hall–Kier alpha value is -1.26. The molecule has 0 saturated carbocycles. The molecular weight excluding hydrogens is 192 g/mol. The van der Waals surface area contributed by atoms with E-state index in [0.29, 0.717) is 5.56 Å². The Kier molecular flexibility index (Phi) is 3.94. The zero-order valence-corrected chi connectivity index (χ0v) is 8.92. The number of aliphatic hydroxyl groups is 1. The van der Waals surface area contributed by atoms with Gasteiger partial charge in [0.2, 0.25) is 0 Å². The van der Waals surface area contributed by atoms with E-state index in [1.54, 1.807) is 32.2 Å². The molecule has 82 valence electrons. The van der Waals surface area contributed by atoms with Gasteiger partial charge in [0.15, 0.2) is 5.78 Å². The first kappa shape index (κ1) is 11.8. The minimum atomic E-state index is -0.978. The molecule has 2 atom stereocenters. The average molecular weight is 208 g/mol. The first-order valence-electron chi connectivity index (χ1n) is 4.91. The molecule has 0 saturated heterocycles. The highest BCUT2D eigenvalue weighted by atomic mass is 16.3. The van der Waals surface area contributed by atoms with Crippen molar-refractivity contribution in [1.82, 2.24) is 4.98 Å². The van der Waals surface area contributed by atoms with E-state index in [4.69, 9.17) is 5.73 Å². The van der Waals surface area contributed by atoms with Gasteiger partial charge in [-0.05, 0) is 6.07 Å². The zero-order valence-electron chi connectivity index (χ0n) is 8.92. The summed E-state index contributed by atoms with van der Waals surface area (Å²) in [7, 11) is 0. The lowest BCUT2D eigenvalue weighted by Gasteiger charge is -2.19. The number of aromatic nitrogens is 1. The van der Waals surface area contributed by atoms with E-state index in [-0.39, 0.29) is 11.7 Å². The molecule has 0 aliphatic heterocycles. The second-order valence-corrected chi connectivity index (χ2v) is 3.81. The van der Waals surface area contributed by atoms with E-state index in [1.807, 2.05) is 0 Å². The molecule has 1 rings (SSSR count). The van der Waals surface area contributed by atoms with Crippen molar-refractivity contribution >= 4 is 5.78 Å². The Labute approximate surface area is 89.1 Å². The number of nitrogens with two attached hydrogens (primary N) is 1. The van der Waals surface area contributed by atoms with Crippen LogP contribution in [-0.2, 0) is 4.79 Å². The Morgan fingerprint density at radius 3 is 2.67 bits per heavy atom. The van der Waals surface area contributed by atoms with Gasteiger partial charge in [-0.15, -0.1) is 0 Å². The number of ketones is 1. The fourth-order valence-corrected chi connectivity index (χ4v) is 1.30. The highest BCUT2D eigenvalue weighted by Gasteiger charge is 2.25. The number of carbonyl (C=O) groups excluding carboxylic acids is 1. The topological polar surface area (TPSA) is 76.2 Å². The van der Waals surface area contributed by atoms with Crippen LogP contribution in [0.15, 0.2) is 24.5 Å². The van der Waals surface area contributed by atoms with Crippen molar-refractivity contribution in [3.05, 3.63) is 30.1 Å². The standard InChI is InChI=1S/C11H16N2O2/c1-7(2)10(14)9(12)11(15)8-4-3-5-13-6-8/h3-7,9,11,15H,12H2,1-2H3. The fourth-order valence-electron chi connectivity index (χ4n) is 1.30. The molecule has 0 aromatic carbocycles. The van der Waals surface area contributed by atoms with Crippen LogP contribution in [0.5, 0.6) is 0 Å². The number of carbonyl (C=O) groups is 1. The van der Waals surface area contributed by atoms with Gasteiger partial charge < -0.3 is 10.8 Å². The number of pyridine rings is 1. The second kappa shape index (κ2) is 5.00. The molecule has 0 amide bonds. The molecule has 0 aliphatic carbocycles. The van der Waals surface area contributed by atoms with Crippen LogP contribution in [-0.4, -0.2) is 21.9 Å². The Morgan fingerprint density at radius 1 is 1.53 bits per heavy atom. The highest BCUT2D eigenvalue weighted by Crippen LogP contribution is 2.16. The molecule has 15 heavy (non-hydrogen) atoms. The van der Waals surface area contributed by atoms with E-state index in [0.717, 1.165) is 0 Å². The van der Waals surface area contributed by atoms with Gasteiger partial charge in [-0.25, -0.2) is 0 Å². The van der Waals surface area contributed by atoms with Crippen LogP contribution < -0.4 is 5.73 Å².